The van der Waals surface area contributed by atoms with Gasteiger partial charge in [-0.2, -0.15) is 0 Å². The van der Waals surface area contributed by atoms with Gasteiger partial charge >= 0.3 is 0 Å². The standard InChI is InChI=1S/C18H24S2/c1-9-11(3)17(19-15(9)7)13(5)14(6)18-12(4)10(2)16(8)20-18/h1-8H3. The van der Waals surface area contributed by atoms with E-state index in [0.717, 1.165) is 0 Å². The number of thiophene rings is 2. The van der Waals surface area contributed by atoms with Gasteiger partial charge in [-0.25, -0.2) is 0 Å². The van der Waals surface area contributed by atoms with E-state index < -0.39 is 0 Å². The first-order valence-corrected chi connectivity index (χ1v) is 8.70. The highest BCUT2D eigenvalue weighted by Gasteiger charge is 2.16. The van der Waals surface area contributed by atoms with Crippen molar-refractivity contribution in [2.24, 2.45) is 0 Å². The molecular weight excluding hydrogens is 280 g/mol. The molecule has 0 aliphatic carbocycles. The maximum absolute atomic E-state index is 2.27. The average molecular weight is 305 g/mol. The van der Waals surface area contributed by atoms with Gasteiger partial charge < -0.3 is 0 Å². The zero-order valence-electron chi connectivity index (χ0n) is 13.8. The fourth-order valence-electron chi connectivity index (χ4n) is 2.54. The molecule has 0 aromatic carbocycles. The third-order valence-electron chi connectivity index (χ3n) is 4.62. The van der Waals surface area contributed by atoms with Gasteiger partial charge in [-0.15, -0.1) is 22.7 Å². The Labute approximate surface area is 131 Å². The number of aryl methyl sites for hydroxylation is 2. The largest absolute Gasteiger partial charge is 0.140 e. The second kappa shape index (κ2) is 5.50. The second-order valence-corrected chi connectivity index (χ2v) is 8.17. The van der Waals surface area contributed by atoms with E-state index in [1.165, 1.54) is 52.9 Å². The fraction of sp³-hybridized carbons (Fsp3) is 0.444. The molecule has 2 aromatic heterocycles. The van der Waals surface area contributed by atoms with E-state index in [0.29, 0.717) is 0 Å². The molecule has 0 aliphatic heterocycles. The van der Waals surface area contributed by atoms with E-state index >= 15 is 0 Å². The van der Waals surface area contributed by atoms with Crippen molar-refractivity contribution < 1.29 is 0 Å². The van der Waals surface area contributed by atoms with Crippen LogP contribution in [0.25, 0.3) is 11.1 Å². The maximum Gasteiger partial charge on any atom is 0.0337 e. The minimum atomic E-state index is 1.44. The van der Waals surface area contributed by atoms with Crippen LogP contribution in [0, 0.1) is 41.5 Å². The van der Waals surface area contributed by atoms with E-state index in [4.69, 9.17) is 0 Å². The predicted octanol–water partition coefficient (Wildman–Crippen LogP) is 6.61. The van der Waals surface area contributed by atoms with Gasteiger partial charge in [-0.1, -0.05) is 0 Å². The van der Waals surface area contributed by atoms with Gasteiger partial charge in [0.25, 0.3) is 0 Å². The number of rotatable bonds is 2. The molecule has 0 amide bonds. The Morgan fingerprint density at radius 1 is 0.550 bits per heavy atom. The van der Waals surface area contributed by atoms with Crippen LogP contribution in [-0.2, 0) is 0 Å². The summed E-state index contributed by atoms with van der Waals surface area (Å²) >= 11 is 3.87. The van der Waals surface area contributed by atoms with E-state index in [1.807, 2.05) is 22.7 Å². The minimum Gasteiger partial charge on any atom is -0.140 e. The molecule has 0 nitrogen and oxygen atoms in total. The van der Waals surface area contributed by atoms with Crippen LogP contribution in [0.2, 0.25) is 0 Å². The molecule has 0 radical (unpaired) electrons. The monoisotopic (exact) mass is 304 g/mol. The molecule has 0 saturated heterocycles. The fourth-order valence-corrected chi connectivity index (χ4v) is 4.99. The van der Waals surface area contributed by atoms with Crippen molar-refractivity contribution in [3.63, 3.8) is 0 Å². The normalized spacial score (nSPS) is 12.8. The van der Waals surface area contributed by atoms with Crippen molar-refractivity contribution in [2.75, 3.05) is 0 Å². The molecule has 108 valence electrons. The summed E-state index contributed by atoms with van der Waals surface area (Å²) in [5.41, 5.74) is 8.68. The van der Waals surface area contributed by atoms with Crippen molar-refractivity contribution in [1.82, 2.24) is 0 Å². The Hall–Kier alpha value is -0.860. The molecule has 0 spiro atoms. The van der Waals surface area contributed by atoms with Crippen LogP contribution in [0.1, 0.15) is 55.6 Å². The molecule has 2 heterocycles. The SMILES string of the molecule is CC(=C(C)c1sc(C)c(C)c1C)c1sc(C)c(C)c1C. The Bertz CT molecular complexity index is 633. The average Bonchev–Trinajstić information content (AvgIpc) is 2.82. The zero-order chi connectivity index (χ0) is 15.2. The molecule has 0 bridgehead atoms. The molecule has 0 N–H and O–H groups in total. The number of allylic oxidation sites excluding steroid dienone is 2. The molecule has 2 rings (SSSR count). The zero-order valence-corrected chi connectivity index (χ0v) is 15.4. The number of hydrogen-bond acceptors (Lipinski definition) is 2. The van der Waals surface area contributed by atoms with Gasteiger partial charge in [0.05, 0.1) is 0 Å². The molecular formula is C18H24S2. The van der Waals surface area contributed by atoms with Gasteiger partial charge in [0.2, 0.25) is 0 Å². The van der Waals surface area contributed by atoms with Gasteiger partial charge in [0.1, 0.15) is 0 Å². The molecule has 20 heavy (non-hydrogen) atoms. The van der Waals surface area contributed by atoms with E-state index in [-0.39, 0.29) is 0 Å². The molecule has 0 saturated carbocycles. The van der Waals surface area contributed by atoms with E-state index in [2.05, 4.69) is 55.4 Å². The summed E-state index contributed by atoms with van der Waals surface area (Å²) in [4.78, 5) is 5.81. The van der Waals surface area contributed by atoms with Crippen LogP contribution in [0.4, 0.5) is 0 Å². The van der Waals surface area contributed by atoms with Gasteiger partial charge in [0, 0.05) is 19.5 Å². The van der Waals surface area contributed by atoms with E-state index in [9.17, 15) is 0 Å². The van der Waals surface area contributed by atoms with Crippen molar-refractivity contribution >= 4 is 33.8 Å². The highest BCUT2D eigenvalue weighted by molar-refractivity contribution is 7.14. The van der Waals surface area contributed by atoms with Crippen LogP contribution < -0.4 is 0 Å². The molecule has 0 fully saturated rings. The predicted molar refractivity (Wildman–Crippen MR) is 95.2 cm³/mol. The summed E-state index contributed by atoms with van der Waals surface area (Å²) in [5.74, 6) is 0. The van der Waals surface area contributed by atoms with Gasteiger partial charge in [-0.05, 0) is 88.8 Å². The van der Waals surface area contributed by atoms with Crippen LogP contribution in [-0.4, -0.2) is 0 Å². The quantitative estimate of drug-likeness (QED) is 0.585. The first-order valence-electron chi connectivity index (χ1n) is 7.07. The molecule has 0 unspecified atom stereocenters. The molecule has 2 aromatic rings. The minimum absolute atomic E-state index is 1.44. The highest BCUT2D eigenvalue weighted by Crippen LogP contribution is 2.39. The molecule has 2 heteroatoms. The summed E-state index contributed by atoms with van der Waals surface area (Å²) in [5, 5.41) is 0. The lowest BCUT2D eigenvalue weighted by Crippen LogP contribution is -1.86. The van der Waals surface area contributed by atoms with Crippen molar-refractivity contribution in [2.45, 2.75) is 55.4 Å². The van der Waals surface area contributed by atoms with Crippen LogP contribution in [0.3, 0.4) is 0 Å². The lowest BCUT2D eigenvalue weighted by Gasteiger charge is -2.08. The smallest absolute Gasteiger partial charge is 0.0337 e. The summed E-state index contributed by atoms with van der Waals surface area (Å²) in [6.45, 7) is 18.0. The third kappa shape index (κ3) is 2.40. The Morgan fingerprint density at radius 2 is 0.850 bits per heavy atom. The molecule has 0 atom stereocenters. The number of hydrogen-bond donors (Lipinski definition) is 0. The summed E-state index contributed by atoms with van der Waals surface area (Å²) in [6.07, 6.45) is 0. The lowest BCUT2D eigenvalue weighted by atomic mass is 10.0. The van der Waals surface area contributed by atoms with Gasteiger partial charge in [0.15, 0.2) is 0 Å². The summed E-state index contributed by atoms with van der Waals surface area (Å²) in [6, 6.07) is 0. The van der Waals surface area contributed by atoms with Crippen molar-refractivity contribution in [3.8, 4) is 0 Å². The topological polar surface area (TPSA) is 0 Å². The van der Waals surface area contributed by atoms with Crippen LogP contribution in [0.5, 0.6) is 0 Å². The van der Waals surface area contributed by atoms with Crippen molar-refractivity contribution in [1.29, 1.82) is 0 Å². The summed E-state index contributed by atoms with van der Waals surface area (Å²) < 4.78 is 0. The van der Waals surface area contributed by atoms with Crippen LogP contribution >= 0.6 is 22.7 Å². The lowest BCUT2D eigenvalue weighted by molar-refractivity contribution is 1.33. The third-order valence-corrected chi connectivity index (χ3v) is 7.47. The van der Waals surface area contributed by atoms with E-state index in [1.54, 1.807) is 0 Å². The Balaban J connectivity index is 2.61. The van der Waals surface area contributed by atoms with Gasteiger partial charge in [-0.3, -0.25) is 0 Å². The first-order chi connectivity index (χ1) is 9.25. The maximum atomic E-state index is 2.27. The Morgan fingerprint density at radius 3 is 1.05 bits per heavy atom. The van der Waals surface area contributed by atoms with Crippen LogP contribution in [0.15, 0.2) is 0 Å². The summed E-state index contributed by atoms with van der Waals surface area (Å²) in [7, 11) is 0. The molecule has 0 aliphatic rings. The first kappa shape index (κ1) is 15.5. The Kier molecular flexibility index (Phi) is 4.27. The highest BCUT2D eigenvalue weighted by atomic mass is 32.1. The second-order valence-electron chi connectivity index (χ2n) is 5.72. The van der Waals surface area contributed by atoms with Crippen molar-refractivity contribution in [3.05, 3.63) is 41.8 Å².